The van der Waals surface area contributed by atoms with Crippen LogP contribution >= 0.6 is 22.9 Å². The zero-order valence-corrected chi connectivity index (χ0v) is 17.5. The van der Waals surface area contributed by atoms with Crippen LogP contribution in [0.15, 0.2) is 48.8 Å². The molecule has 0 aliphatic carbocycles. The summed E-state index contributed by atoms with van der Waals surface area (Å²) in [6.07, 6.45) is 5.81. The van der Waals surface area contributed by atoms with Gasteiger partial charge in [-0.3, -0.25) is 0 Å². The highest BCUT2D eigenvalue weighted by atomic mass is 35.5. The molecular formula is C20H20ClN7S. The van der Waals surface area contributed by atoms with Crippen LogP contribution in [0, 0.1) is 0 Å². The number of nitrogens with zero attached hydrogens (tertiary/aromatic N) is 7. The topological polar surface area (TPSA) is 62.5 Å². The van der Waals surface area contributed by atoms with E-state index in [4.69, 9.17) is 21.7 Å². The van der Waals surface area contributed by atoms with Crippen LogP contribution in [0.2, 0.25) is 5.02 Å². The molecule has 0 spiro atoms. The first kappa shape index (κ1) is 18.3. The highest BCUT2D eigenvalue weighted by Crippen LogP contribution is 2.30. The summed E-state index contributed by atoms with van der Waals surface area (Å²) < 4.78 is 1.88. The average Bonchev–Trinajstić information content (AvgIpc) is 3.34. The number of aromatic nitrogens is 5. The molecule has 29 heavy (non-hydrogen) atoms. The Hall–Kier alpha value is -2.71. The van der Waals surface area contributed by atoms with E-state index in [2.05, 4.69) is 27.0 Å². The maximum absolute atomic E-state index is 5.98. The number of halogens is 1. The highest BCUT2D eigenvalue weighted by molar-refractivity contribution is 7.20. The Balaban J connectivity index is 1.27. The molecule has 0 amide bonds. The lowest BCUT2D eigenvalue weighted by Crippen LogP contribution is -2.43. The van der Waals surface area contributed by atoms with Crippen molar-refractivity contribution in [3.63, 3.8) is 0 Å². The minimum atomic E-state index is 0.462. The van der Waals surface area contributed by atoms with Crippen molar-refractivity contribution in [2.75, 3.05) is 29.9 Å². The molecule has 0 saturated carbocycles. The summed E-state index contributed by atoms with van der Waals surface area (Å²) in [7, 11) is 2.10. The van der Waals surface area contributed by atoms with Gasteiger partial charge in [-0.05, 0) is 37.1 Å². The second-order valence-electron chi connectivity index (χ2n) is 7.16. The zero-order chi connectivity index (χ0) is 19.8. The molecule has 0 atom stereocenters. The third kappa shape index (κ3) is 3.65. The van der Waals surface area contributed by atoms with Crippen molar-refractivity contribution in [2.45, 2.75) is 18.9 Å². The number of benzene rings is 1. The van der Waals surface area contributed by atoms with E-state index in [0.717, 1.165) is 58.1 Å². The molecule has 1 aliphatic rings. The maximum Gasteiger partial charge on any atom is 0.214 e. The van der Waals surface area contributed by atoms with Gasteiger partial charge in [0.05, 0.1) is 11.9 Å². The van der Waals surface area contributed by atoms with Crippen LogP contribution in [0.5, 0.6) is 0 Å². The number of imidazole rings is 1. The molecule has 4 aromatic rings. The van der Waals surface area contributed by atoms with Gasteiger partial charge in [0.1, 0.15) is 0 Å². The quantitative estimate of drug-likeness (QED) is 0.492. The van der Waals surface area contributed by atoms with Gasteiger partial charge in [-0.15, -0.1) is 10.2 Å². The van der Waals surface area contributed by atoms with E-state index in [0.29, 0.717) is 6.04 Å². The van der Waals surface area contributed by atoms with Crippen molar-refractivity contribution >= 4 is 38.8 Å². The number of hydrogen-bond donors (Lipinski definition) is 0. The molecule has 148 valence electrons. The van der Waals surface area contributed by atoms with E-state index in [-0.39, 0.29) is 0 Å². The van der Waals surface area contributed by atoms with Gasteiger partial charge in [0.2, 0.25) is 10.1 Å². The Morgan fingerprint density at radius 2 is 1.93 bits per heavy atom. The summed E-state index contributed by atoms with van der Waals surface area (Å²) in [5.41, 5.74) is 1.96. The Morgan fingerprint density at radius 1 is 1.14 bits per heavy atom. The molecule has 3 aromatic heterocycles. The summed E-state index contributed by atoms with van der Waals surface area (Å²) in [6, 6.07) is 12.1. The Labute approximate surface area is 177 Å². The average molecular weight is 426 g/mol. The molecule has 0 N–H and O–H groups in total. The predicted octanol–water partition coefficient (Wildman–Crippen LogP) is 4.01. The van der Waals surface area contributed by atoms with Gasteiger partial charge in [0.15, 0.2) is 5.82 Å². The Bertz CT molecular complexity index is 1070. The van der Waals surface area contributed by atoms with Crippen molar-refractivity contribution in [3.05, 3.63) is 53.8 Å². The SMILES string of the molecule is CN(c1cccnn1)C1CCN(c2nn3cc(-c4ccc(Cl)cc4)nc3s2)CC1. The first-order valence-electron chi connectivity index (χ1n) is 9.55. The second kappa shape index (κ2) is 7.61. The lowest BCUT2D eigenvalue weighted by molar-refractivity contribution is 0.478. The van der Waals surface area contributed by atoms with E-state index in [1.54, 1.807) is 17.5 Å². The Kier molecular flexibility index (Phi) is 4.81. The Morgan fingerprint density at radius 3 is 2.62 bits per heavy atom. The van der Waals surface area contributed by atoms with Crippen molar-refractivity contribution < 1.29 is 0 Å². The minimum absolute atomic E-state index is 0.462. The van der Waals surface area contributed by atoms with Crippen LogP contribution in [-0.2, 0) is 0 Å². The summed E-state index contributed by atoms with van der Waals surface area (Å²) in [5.74, 6) is 0.924. The van der Waals surface area contributed by atoms with Crippen LogP contribution in [-0.4, -0.2) is 51.0 Å². The molecule has 7 nitrogen and oxygen atoms in total. The van der Waals surface area contributed by atoms with Gasteiger partial charge < -0.3 is 9.80 Å². The largest absolute Gasteiger partial charge is 0.355 e. The van der Waals surface area contributed by atoms with Crippen molar-refractivity contribution in [1.82, 2.24) is 24.8 Å². The van der Waals surface area contributed by atoms with Gasteiger partial charge in [0.25, 0.3) is 0 Å². The van der Waals surface area contributed by atoms with E-state index >= 15 is 0 Å². The molecule has 4 heterocycles. The van der Waals surface area contributed by atoms with E-state index in [1.807, 2.05) is 47.1 Å². The maximum atomic E-state index is 5.98. The standard InChI is InChI=1S/C20H20ClN7S/c1-26(18-3-2-10-22-24-18)16-8-11-27(12-9-16)20-25-28-13-17(23-19(28)29-20)14-4-6-15(21)7-5-14/h2-7,10,13,16H,8-9,11-12H2,1H3. The molecule has 1 aliphatic heterocycles. The van der Waals surface area contributed by atoms with Crippen LogP contribution in [0.4, 0.5) is 10.9 Å². The molecule has 5 rings (SSSR count). The summed E-state index contributed by atoms with van der Waals surface area (Å²) >= 11 is 7.61. The first-order valence-corrected chi connectivity index (χ1v) is 10.7. The molecular weight excluding hydrogens is 406 g/mol. The second-order valence-corrected chi connectivity index (χ2v) is 8.53. The molecule has 1 saturated heterocycles. The van der Waals surface area contributed by atoms with Gasteiger partial charge >= 0.3 is 0 Å². The summed E-state index contributed by atoms with van der Waals surface area (Å²) in [6.45, 7) is 1.94. The lowest BCUT2D eigenvalue weighted by atomic mass is 10.0. The van der Waals surface area contributed by atoms with Gasteiger partial charge in [-0.25, -0.2) is 9.50 Å². The zero-order valence-electron chi connectivity index (χ0n) is 15.9. The summed E-state index contributed by atoms with van der Waals surface area (Å²) in [5, 5.41) is 14.7. The number of rotatable bonds is 4. The lowest BCUT2D eigenvalue weighted by Gasteiger charge is -2.36. The van der Waals surface area contributed by atoms with Gasteiger partial charge in [-0.1, -0.05) is 35.1 Å². The summed E-state index contributed by atoms with van der Waals surface area (Å²) in [4.78, 5) is 10.2. The number of anilines is 2. The molecule has 0 unspecified atom stereocenters. The van der Waals surface area contributed by atoms with Crippen LogP contribution in [0.1, 0.15) is 12.8 Å². The molecule has 9 heteroatoms. The van der Waals surface area contributed by atoms with Crippen LogP contribution in [0.25, 0.3) is 16.2 Å². The fourth-order valence-corrected chi connectivity index (χ4v) is 4.75. The smallest absolute Gasteiger partial charge is 0.214 e. The van der Waals surface area contributed by atoms with Crippen LogP contribution < -0.4 is 9.80 Å². The van der Waals surface area contributed by atoms with E-state index in [9.17, 15) is 0 Å². The van der Waals surface area contributed by atoms with Crippen molar-refractivity contribution in [3.8, 4) is 11.3 Å². The fourth-order valence-electron chi connectivity index (χ4n) is 3.69. The molecule has 1 aromatic carbocycles. The van der Waals surface area contributed by atoms with Crippen molar-refractivity contribution in [1.29, 1.82) is 0 Å². The molecule has 0 radical (unpaired) electrons. The number of fused-ring (bicyclic) bond motifs is 1. The van der Waals surface area contributed by atoms with Gasteiger partial charge in [-0.2, -0.15) is 5.10 Å². The third-order valence-corrected chi connectivity index (χ3v) is 6.61. The van der Waals surface area contributed by atoms with E-state index in [1.165, 1.54) is 0 Å². The predicted molar refractivity (Wildman–Crippen MR) is 117 cm³/mol. The fraction of sp³-hybridized carbons (Fsp3) is 0.300. The number of piperidine rings is 1. The first-order chi connectivity index (χ1) is 14.2. The molecule has 1 fully saturated rings. The van der Waals surface area contributed by atoms with E-state index < -0.39 is 0 Å². The third-order valence-electron chi connectivity index (χ3n) is 5.37. The number of hydrogen-bond acceptors (Lipinski definition) is 7. The van der Waals surface area contributed by atoms with Gasteiger partial charge in [0, 0.05) is 43.0 Å². The normalized spacial score (nSPS) is 15.2. The van der Waals surface area contributed by atoms with Crippen LogP contribution in [0.3, 0.4) is 0 Å². The monoisotopic (exact) mass is 425 g/mol. The molecule has 0 bridgehead atoms. The minimum Gasteiger partial charge on any atom is -0.355 e. The highest BCUT2D eigenvalue weighted by Gasteiger charge is 2.25. The van der Waals surface area contributed by atoms with Crippen molar-refractivity contribution in [2.24, 2.45) is 0 Å².